The highest BCUT2D eigenvalue weighted by Gasteiger charge is 2.35. The van der Waals surface area contributed by atoms with Gasteiger partial charge in [0.05, 0.1) is 17.5 Å². The molecule has 1 N–H and O–H groups in total. The van der Waals surface area contributed by atoms with Crippen molar-refractivity contribution in [3.05, 3.63) is 59.6 Å². The van der Waals surface area contributed by atoms with Crippen LogP contribution in [0.4, 0.5) is 16.2 Å². The Kier molecular flexibility index (Phi) is 4.78. The fourth-order valence-electron chi connectivity index (χ4n) is 2.78. The van der Waals surface area contributed by atoms with Crippen molar-refractivity contribution < 1.29 is 13.2 Å². The van der Waals surface area contributed by atoms with Gasteiger partial charge in [-0.2, -0.15) is 0 Å². The molecule has 0 saturated carbocycles. The second kappa shape index (κ2) is 6.83. The number of carbonyl (C=O) groups is 1. The summed E-state index contributed by atoms with van der Waals surface area (Å²) >= 11 is 5.92. The molecule has 24 heavy (non-hydrogen) atoms. The second-order valence-electron chi connectivity index (χ2n) is 5.70. The highest BCUT2D eigenvalue weighted by Crippen LogP contribution is 2.26. The van der Waals surface area contributed by atoms with Gasteiger partial charge >= 0.3 is 6.03 Å². The first-order chi connectivity index (χ1) is 11.4. The summed E-state index contributed by atoms with van der Waals surface area (Å²) in [6, 6.07) is 15.1. The van der Waals surface area contributed by atoms with Crippen LogP contribution in [0.2, 0.25) is 5.02 Å². The number of urea groups is 1. The number of sulfone groups is 1. The topological polar surface area (TPSA) is 66.5 Å². The molecule has 0 radical (unpaired) electrons. The van der Waals surface area contributed by atoms with Crippen molar-refractivity contribution in [3.8, 4) is 0 Å². The number of para-hydroxylation sites is 1. The first kappa shape index (κ1) is 16.8. The molecule has 5 nitrogen and oxygen atoms in total. The van der Waals surface area contributed by atoms with Crippen molar-refractivity contribution in [2.75, 3.05) is 21.7 Å². The van der Waals surface area contributed by atoms with Crippen LogP contribution in [-0.2, 0) is 9.84 Å². The summed E-state index contributed by atoms with van der Waals surface area (Å²) in [5.74, 6) is 0.0677. The van der Waals surface area contributed by atoms with Crippen LogP contribution in [0.5, 0.6) is 0 Å². The molecule has 0 spiro atoms. The zero-order valence-corrected chi connectivity index (χ0v) is 14.4. The van der Waals surface area contributed by atoms with E-state index in [1.807, 2.05) is 18.2 Å². The molecule has 0 bridgehead atoms. The highest BCUT2D eigenvalue weighted by molar-refractivity contribution is 7.91. The van der Waals surface area contributed by atoms with E-state index in [-0.39, 0.29) is 23.6 Å². The molecule has 2 aromatic carbocycles. The van der Waals surface area contributed by atoms with Crippen LogP contribution in [0, 0.1) is 0 Å². The van der Waals surface area contributed by atoms with Gasteiger partial charge in [-0.05, 0) is 42.8 Å². The number of benzene rings is 2. The molecule has 0 unspecified atom stereocenters. The molecule has 3 rings (SSSR count). The van der Waals surface area contributed by atoms with Gasteiger partial charge in [0, 0.05) is 16.4 Å². The van der Waals surface area contributed by atoms with Crippen LogP contribution in [0.1, 0.15) is 6.42 Å². The van der Waals surface area contributed by atoms with Gasteiger partial charge in [-0.25, -0.2) is 13.2 Å². The Bertz CT molecular complexity index is 823. The lowest BCUT2D eigenvalue weighted by Gasteiger charge is -2.28. The van der Waals surface area contributed by atoms with Crippen molar-refractivity contribution >= 4 is 38.8 Å². The lowest BCUT2D eigenvalue weighted by Crippen LogP contribution is -2.43. The summed E-state index contributed by atoms with van der Waals surface area (Å²) in [6.45, 7) is 0. The minimum absolute atomic E-state index is 0.0299. The molecule has 7 heteroatoms. The number of hydrogen-bond acceptors (Lipinski definition) is 3. The van der Waals surface area contributed by atoms with Crippen molar-refractivity contribution in [1.29, 1.82) is 0 Å². The van der Waals surface area contributed by atoms with Crippen LogP contribution in [0.3, 0.4) is 0 Å². The standard InChI is InChI=1S/C17H17ClN2O3S/c18-13-6-8-15(9-7-13)20(16-10-11-24(22,23)12-16)17(21)19-14-4-2-1-3-5-14/h1-9,16H,10-12H2,(H,19,21)/t16-/m0/s1. The lowest BCUT2D eigenvalue weighted by atomic mass is 10.2. The predicted molar refractivity (Wildman–Crippen MR) is 96.5 cm³/mol. The van der Waals surface area contributed by atoms with Gasteiger partial charge in [-0.1, -0.05) is 29.8 Å². The predicted octanol–water partition coefficient (Wildman–Crippen LogP) is 3.57. The van der Waals surface area contributed by atoms with Gasteiger partial charge in [0.25, 0.3) is 0 Å². The number of rotatable bonds is 3. The Labute approximate surface area is 146 Å². The average molecular weight is 365 g/mol. The molecular formula is C17H17ClN2O3S. The number of nitrogens with zero attached hydrogens (tertiary/aromatic N) is 1. The summed E-state index contributed by atoms with van der Waals surface area (Å²) in [6.07, 6.45) is 0.424. The zero-order chi connectivity index (χ0) is 17.2. The maximum absolute atomic E-state index is 12.8. The number of anilines is 2. The third-order valence-corrected chi connectivity index (χ3v) is 5.92. The molecule has 1 aliphatic rings. The molecule has 1 fully saturated rings. The van der Waals surface area contributed by atoms with E-state index in [0.29, 0.717) is 22.8 Å². The molecule has 2 aromatic rings. The van der Waals surface area contributed by atoms with E-state index in [0.717, 1.165) is 0 Å². The van der Waals surface area contributed by atoms with Gasteiger partial charge in [0.1, 0.15) is 0 Å². The Morgan fingerprint density at radius 2 is 1.75 bits per heavy atom. The summed E-state index contributed by atoms with van der Waals surface area (Å²) in [5.41, 5.74) is 1.28. The average Bonchev–Trinajstić information content (AvgIpc) is 2.90. The molecule has 1 atom stereocenters. The van der Waals surface area contributed by atoms with Gasteiger partial charge < -0.3 is 5.32 Å². The Balaban J connectivity index is 1.89. The lowest BCUT2D eigenvalue weighted by molar-refractivity contribution is 0.255. The smallest absolute Gasteiger partial charge is 0.308 e. The van der Waals surface area contributed by atoms with Gasteiger partial charge in [0.2, 0.25) is 0 Å². The third kappa shape index (κ3) is 3.88. The van der Waals surface area contributed by atoms with E-state index in [1.165, 1.54) is 4.90 Å². The Hall–Kier alpha value is -2.05. The third-order valence-electron chi connectivity index (χ3n) is 3.92. The first-order valence-electron chi connectivity index (χ1n) is 7.56. The number of amides is 2. The quantitative estimate of drug-likeness (QED) is 0.905. The molecule has 126 valence electrons. The maximum Gasteiger partial charge on any atom is 0.326 e. The summed E-state index contributed by atoms with van der Waals surface area (Å²) in [7, 11) is -3.11. The van der Waals surface area contributed by atoms with E-state index < -0.39 is 9.84 Å². The second-order valence-corrected chi connectivity index (χ2v) is 8.36. The van der Waals surface area contributed by atoms with Crippen molar-refractivity contribution in [1.82, 2.24) is 0 Å². The van der Waals surface area contributed by atoms with Gasteiger partial charge in [0.15, 0.2) is 9.84 Å². The van der Waals surface area contributed by atoms with E-state index in [4.69, 9.17) is 11.6 Å². The van der Waals surface area contributed by atoms with Crippen molar-refractivity contribution in [3.63, 3.8) is 0 Å². The molecule has 1 saturated heterocycles. The normalized spacial score (nSPS) is 19.0. The molecule has 0 aromatic heterocycles. The van der Waals surface area contributed by atoms with Crippen LogP contribution in [0.25, 0.3) is 0 Å². The van der Waals surface area contributed by atoms with Crippen molar-refractivity contribution in [2.45, 2.75) is 12.5 Å². The fourth-order valence-corrected chi connectivity index (χ4v) is 4.61. The largest absolute Gasteiger partial charge is 0.326 e. The Morgan fingerprint density at radius 1 is 1.08 bits per heavy atom. The number of hydrogen-bond donors (Lipinski definition) is 1. The maximum atomic E-state index is 12.8. The molecule has 1 heterocycles. The van der Waals surface area contributed by atoms with E-state index >= 15 is 0 Å². The van der Waals surface area contributed by atoms with Crippen LogP contribution in [0.15, 0.2) is 54.6 Å². The Morgan fingerprint density at radius 3 is 2.33 bits per heavy atom. The van der Waals surface area contributed by atoms with Crippen molar-refractivity contribution in [2.24, 2.45) is 0 Å². The summed E-state index contributed by atoms with van der Waals surface area (Å²) in [4.78, 5) is 14.3. The monoisotopic (exact) mass is 364 g/mol. The molecular weight excluding hydrogens is 348 g/mol. The van der Waals surface area contributed by atoms with E-state index in [9.17, 15) is 13.2 Å². The minimum atomic E-state index is -3.11. The summed E-state index contributed by atoms with van der Waals surface area (Å²) in [5, 5.41) is 3.38. The van der Waals surface area contributed by atoms with Crippen LogP contribution in [-0.4, -0.2) is 32.0 Å². The first-order valence-corrected chi connectivity index (χ1v) is 9.76. The van der Waals surface area contributed by atoms with Gasteiger partial charge in [-0.15, -0.1) is 0 Å². The molecule has 0 aliphatic carbocycles. The van der Waals surface area contributed by atoms with Crippen LogP contribution >= 0.6 is 11.6 Å². The van der Waals surface area contributed by atoms with Crippen LogP contribution < -0.4 is 10.2 Å². The molecule has 1 aliphatic heterocycles. The minimum Gasteiger partial charge on any atom is -0.308 e. The van der Waals surface area contributed by atoms with E-state index in [2.05, 4.69) is 5.32 Å². The van der Waals surface area contributed by atoms with Gasteiger partial charge in [-0.3, -0.25) is 4.90 Å². The number of halogens is 1. The van der Waals surface area contributed by atoms with E-state index in [1.54, 1.807) is 36.4 Å². The number of carbonyl (C=O) groups excluding carboxylic acids is 1. The number of nitrogens with one attached hydrogen (secondary N) is 1. The summed E-state index contributed by atoms with van der Waals surface area (Å²) < 4.78 is 23.7. The zero-order valence-electron chi connectivity index (χ0n) is 12.9. The fraction of sp³-hybridized carbons (Fsp3) is 0.235. The molecule has 2 amide bonds. The highest BCUT2D eigenvalue weighted by atomic mass is 35.5. The SMILES string of the molecule is O=C(Nc1ccccc1)N(c1ccc(Cl)cc1)[C@H]1CCS(=O)(=O)C1.